The number of primary amides is 1. The Morgan fingerprint density at radius 1 is 1.04 bits per heavy atom. The number of nitrogens with one attached hydrogen (secondary N) is 1. The molecular formula is C19H20N2O5. The summed E-state index contributed by atoms with van der Waals surface area (Å²) >= 11 is 0. The van der Waals surface area contributed by atoms with Crippen LogP contribution in [-0.4, -0.2) is 31.0 Å². The number of hydrogen-bond acceptors (Lipinski definition) is 5. The van der Waals surface area contributed by atoms with Gasteiger partial charge in [-0.05, 0) is 43.2 Å². The van der Waals surface area contributed by atoms with Crippen molar-refractivity contribution in [2.24, 2.45) is 5.73 Å². The molecule has 0 heterocycles. The molecule has 26 heavy (non-hydrogen) atoms. The van der Waals surface area contributed by atoms with Gasteiger partial charge in [-0.3, -0.25) is 9.59 Å². The average Bonchev–Trinajstić information content (AvgIpc) is 2.61. The third-order valence-electron chi connectivity index (χ3n) is 3.53. The molecule has 0 bridgehead atoms. The quantitative estimate of drug-likeness (QED) is 0.738. The number of nitrogens with two attached hydrogens (primary N) is 1. The fourth-order valence-corrected chi connectivity index (χ4v) is 2.18. The molecule has 0 radical (unpaired) electrons. The third-order valence-corrected chi connectivity index (χ3v) is 3.53. The highest BCUT2D eigenvalue weighted by atomic mass is 16.6. The van der Waals surface area contributed by atoms with Gasteiger partial charge in [0.25, 0.3) is 11.8 Å². The van der Waals surface area contributed by atoms with Gasteiger partial charge in [-0.2, -0.15) is 0 Å². The summed E-state index contributed by atoms with van der Waals surface area (Å²) in [7, 11) is 0. The first-order valence-corrected chi connectivity index (χ1v) is 7.91. The van der Waals surface area contributed by atoms with Gasteiger partial charge in [0.2, 0.25) is 0 Å². The molecule has 0 aliphatic rings. The Kier molecular flexibility index (Phi) is 6.32. The van der Waals surface area contributed by atoms with E-state index in [4.69, 9.17) is 15.2 Å². The largest absolute Gasteiger partial charge is 0.481 e. The van der Waals surface area contributed by atoms with E-state index < -0.39 is 31.0 Å². The van der Waals surface area contributed by atoms with Crippen LogP contribution in [0.15, 0.2) is 42.5 Å². The lowest BCUT2D eigenvalue weighted by Gasteiger charge is -2.11. The first-order valence-electron chi connectivity index (χ1n) is 7.91. The number of esters is 1. The first-order chi connectivity index (χ1) is 12.4. The van der Waals surface area contributed by atoms with E-state index >= 15 is 0 Å². The summed E-state index contributed by atoms with van der Waals surface area (Å²) in [4.78, 5) is 34.9. The molecule has 0 saturated heterocycles. The van der Waals surface area contributed by atoms with Gasteiger partial charge in [0.15, 0.2) is 13.2 Å². The van der Waals surface area contributed by atoms with Gasteiger partial charge < -0.3 is 20.5 Å². The lowest BCUT2D eigenvalue weighted by atomic mass is 10.1. The molecule has 0 aliphatic heterocycles. The van der Waals surface area contributed by atoms with Crippen LogP contribution < -0.4 is 15.8 Å². The van der Waals surface area contributed by atoms with Crippen LogP contribution >= 0.6 is 0 Å². The highest BCUT2D eigenvalue weighted by molar-refractivity contribution is 5.96. The summed E-state index contributed by atoms with van der Waals surface area (Å²) in [6.45, 7) is 2.90. The van der Waals surface area contributed by atoms with Crippen molar-refractivity contribution >= 4 is 23.5 Å². The molecule has 0 fully saturated rings. The van der Waals surface area contributed by atoms with Gasteiger partial charge >= 0.3 is 5.97 Å². The number of anilines is 1. The van der Waals surface area contributed by atoms with Crippen molar-refractivity contribution in [2.45, 2.75) is 13.8 Å². The number of rotatable bonds is 7. The molecule has 3 N–H and O–H groups in total. The Bertz CT molecular complexity index is 832. The zero-order chi connectivity index (χ0) is 19.1. The lowest BCUT2D eigenvalue weighted by molar-refractivity contribution is -0.149. The summed E-state index contributed by atoms with van der Waals surface area (Å²) in [5, 5.41) is 2.69. The van der Waals surface area contributed by atoms with E-state index in [1.807, 2.05) is 32.0 Å². The molecule has 2 aromatic carbocycles. The van der Waals surface area contributed by atoms with E-state index in [9.17, 15) is 14.4 Å². The number of para-hydroxylation sites is 1. The Morgan fingerprint density at radius 2 is 1.77 bits per heavy atom. The van der Waals surface area contributed by atoms with Gasteiger partial charge in [0, 0.05) is 5.69 Å². The molecule has 7 heteroatoms. The number of aryl methyl sites for hydroxylation is 2. The molecule has 0 aromatic heterocycles. The zero-order valence-corrected chi connectivity index (χ0v) is 14.6. The monoisotopic (exact) mass is 356 g/mol. The predicted octanol–water partition coefficient (Wildman–Crippen LogP) is 1.96. The van der Waals surface area contributed by atoms with Crippen LogP contribution in [0, 0.1) is 13.8 Å². The normalized spacial score (nSPS) is 10.1. The third kappa shape index (κ3) is 5.34. The topological polar surface area (TPSA) is 108 Å². The minimum Gasteiger partial charge on any atom is -0.481 e. The second-order valence-electron chi connectivity index (χ2n) is 5.68. The van der Waals surface area contributed by atoms with E-state index in [0.29, 0.717) is 5.69 Å². The van der Waals surface area contributed by atoms with E-state index in [1.54, 1.807) is 12.1 Å². The maximum atomic E-state index is 11.9. The summed E-state index contributed by atoms with van der Waals surface area (Å²) in [5.41, 5.74) is 7.96. The van der Waals surface area contributed by atoms with Crippen molar-refractivity contribution in [2.75, 3.05) is 18.5 Å². The van der Waals surface area contributed by atoms with Gasteiger partial charge in [0.1, 0.15) is 5.75 Å². The standard InChI is InChI=1S/C19H20N2O5/c1-12-7-8-13(2)15(9-12)21-17(22)10-26-18(23)11-25-16-6-4-3-5-14(16)19(20)24/h3-9H,10-11H2,1-2H3,(H2,20,24)(H,21,22). The second kappa shape index (κ2) is 8.66. The van der Waals surface area contributed by atoms with Crippen LogP contribution in [0.3, 0.4) is 0 Å². The Balaban J connectivity index is 1.82. The van der Waals surface area contributed by atoms with E-state index in [2.05, 4.69) is 5.32 Å². The summed E-state index contributed by atoms with van der Waals surface area (Å²) in [6.07, 6.45) is 0. The fraction of sp³-hybridized carbons (Fsp3) is 0.211. The number of carbonyl (C=O) groups excluding carboxylic acids is 3. The summed E-state index contributed by atoms with van der Waals surface area (Å²) in [6, 6.07) is 11.9. The van der Waals surface area contributed by atoms with Crippen LogP contribution in [-0.2, 0) is 14.3 Å². The molecular weight excluding hydrogens is 336 g/mol. The molecule has 0 spiro atoms. The van der Waals surface area contributed by atoms with E-state index in [-0.39, 0.29) is 11.3 Å². The lowest BCUT2D eigenvalue weighted by Crippen LogP contribution is -2.24. The zero-order valence-electron chi connectivity index (χ0n) is 14.6. The van der Waals surface area contributed by atoms with Crippen LogP contribution in [0.1, 0.15) is 21.5 Å². The Labute approximate surface area is 151 Å². The van der Waals surface area contributed by atoms with E-state index in [0.717, 1.165) is 11.1 Å². The van der Waals surface area contributed by atoms with Gasteiger partial charge in [-0.25, -0.2) is 4.79 Å². The van der Waals surface area contributed by atoms with Gasteiger partial charge in [-0.15, -0.1) is 0 Å². The molecule has 0 atom stereocenters. The minimum absolute atomic E-state index is 0.160. The van der Waals surface area contributed by atoms with Crippen LogP contribution in [0.5, 0.6) is 5.75 Å². The van der Waals surface area contributed by atoms with Crippen molar-refractivity contribution in [3.8, 4) is 5.75 Å². The van der Waals surface area contributed by atoms with Crippen molar-refractivity contribution in [3.05, 3.63) is 59.2 Å². The number of carbonyl (C=O) groups is 3. The highest BCUT2D eigenvalue weighted by Gasteiger charge is 2.13. The SMILES string of the molecule is Cc1ccc(C)c(NC(=O)COC(=O)COc2ccccc2C(N)=O)c1. The number of benzene rings is 2. The molecule has 2 rings (SSSR count). The van der Waals surface area contributed by atoms with E-state index in [1.165, 1.54) is 12.1 Å². The Morgan fingerprint density at radius 3 is 2.50 bits per heavy atom. The number of amides is 2. The Hall–Kier alpha value is -3.35. The van der Waals surface area contributed by atoms with Crippen molar-refractivity contribution in [1.29, 1.82) is 0 Å². The molecule has 0 unspecified atom stereocenters. The summed E-state index contributed by atoms with van der Waals surface area (Å²) in [5.74, 6) is -1.68. The average molecular weight is 356 g/mol. The minimum atomic E-state index is -0.736. The first kappa shape index (κ1) is 19.0. The molecule has 136 valence electrons. The number of hydrogen-bond donors (Lipinski definition) is 2. The molecule has 7 nitrogen and oxygen atoms in total. The molecule has 2 amide bonds. The smallest absolute Gasteiger partial charge is 0.344 e. The highest BCUT2D eigenvalue weighted by Crippen LogP contribution is 2.17. The second-order valence-corrected chi connectivity index (χ2v) is 5.68. The van der Waals surface area contributed by atoms with Crippen molar-refractivity contribution in [1.82, 2.24) is 0 Å². The fourth-order valence-electron chi connectivity index (χ4n) is 2.18. The summed E-state index contributed by atoms with van der Waals surface area (Å²) < 4.78 is 10.1. The maximum absolute atomic E-state index is 11.9. The van der Waals surface area contributed by atoms with Crippen molar-refractivity contribution < 1.29 is 23.9 Å². The van der Waals surface area contributed by atoms with Crippen LogP contribution in [0.2, 0.25) is 0 Å². The number of ether oxygens (including phenoxy) is 2. The van der Waals surface area contributed by atoms with Crippen LogP contribution in [0.4, 0.5) is 5.69 Å². The predicted molar refractivity (Wildman–Crippen MR) is 96.0 cm³/mol. The van der Waals surface area contributed by atoms with Gasteiger partial charge in [0.05, 0.1) is 5.56 Å². The maximum Gasteiger partial charge on any atom is 0.344 e. The van der Waals surface area contributed by atoms with Crippen LogP contribution in [0.25, 0.3) is 0 Å². The molecule has 2 aromatic rings. The van der Waals surface area contributed by atoms with Crippen molar-refractivity contribution in [3.63, 3.8) is 0 Å². The molecule has 0 saturated carbocycles. The van der Waals surface area contributed by atoms with Gasteiger partial charge in [-0.1, -0.05) is 24.3 Å². The molecule has 0 aliphatic carbocycles.